The van der Waals surface area contributed by atoms with Gasteiger partial charge in [0, 0.05) is 6.54 Å². The zero-order valence-electron chi connectivity index (χ0n) is 12.8. The van der Waals surface area contributed by atoms with Crippen LogP contribution < -0.4 is 14.8 Å². The van der Waals surface area contributed by atoms with Crippen LogP contribution in [-0.2, 0) is 6.54 Å². The Labute approximate surface area is 139 Å². The highest BCUT2D eigenvalue weighted by Crippen LogP contribution is 2.36. The van der Waals surface area contributed by atoms with E-state index in [1.807, 2.05) is 12.1 Å². The lowest BCUT2D eigenvalue weighted by Gasteiger charge is -2.13. The summed E-state index contributed by atoms with van der Waals surface area (Å²) in [5.41, 5.74) is 1.09. The third-order valence-electron chi connectivity index (χ3n) is 2.92. The number of benzene rings is 1. The molecule has 0 atom stereocenters. The topological polar surface area (TPSA) is 30.5 Å². The van der Waals surface area contributed by atoms with Crippen LogP contribution in [0.4, 0.5) is 0 Å². The van der Waals surface area contributed by atoms with Crippen molar-refractivity contribution >= 4 is 24.0 Å². The molecule has 0 aliphatic rings. The SMILES string of the molecule is C=CCOc1c(Cl)cc(CNCCCCC)cc1OC.Cl. The van der Waals surface area contributed by atoms with Crippen LogP contribution in [0, 0.1) is 0 Å². The third-order valence-corrected chi connectivity index (χ3v) is 3.20. The number of nitrogens with one attached hydrogen (secondary N) is 1. The van der Waals surface area contributed by atoms with E-state index in [0.717, 1.165) is 18.7 Å². The second kappa shape index (κ2) is 11.7. The van der Waals surface area contributed by atoms with Crippen LogP contribution in [-0.4, -0.2) is 20.3 Å². The predicted molar refractivity (Wildman–Crippen MR) is 92.2 cm³/mol. The van der Waals surface area contributed by atoms with Crippen LogP contribution in [0.2, 0.25) is 5.02 Å². The molecule has 1 aromatic carbocycles. The lowest BCUT2D eigenvalue weighted by atomic mass is 10.2. The molecule has 0 spiro atoms. The maximum Gasteiger partial charge on any atom is 0.180 e. The van der Waals surface area contributed by atoms with Gasteiger partial charge in [-0.2, -0.15) is 0 Å². The number of hydrogen-bond donors (Lipinski definition) is 1. The summed E-state index contributed by atoms with van der Waals surface area (Å²) in [5, 5.41) is 3.97. The van der Waals surface area contributed by atoms with Gasteiger partial charge in [-0.25, -0.2) is 0 Å². The van der Waals surface area contributed by atoms with Crippen molar-refractivity contribution in [1.82, 2.24) is 5.32 Å². The molecule has 0 fully saturated rings. The molecular formula is C16H25Cl2NO2. The Morgan fingerprint density at radius 1 is 1.33 bits per heavy atom. The molecule has 1 aromatic rings. The molecule has 120 valence electrons. The Morgan fingerprint density at radius 2 is 2.10 bits per heavy atom. The minimum atomic E-state index is 0. The fraction of sp³-hybridized carbons (Fsp3) is 0.500. The lowest BCUT2D eigenvalue weighted by Crippen LogP contribution is -2.14. The Balaban J connectivity index is 0.00000400. The van der Waals surface area contributed by atoms with Crippen molar-refractivity contribution in [2.75, 3.05) is 20.3 Å². The molecule has 0 unspecified atom stereocenters. The molecule has 5 heteroatoms. The van der Waals surface area contributed by atoms with Crippen LogP contribution in [0.25, 0.3) is 0 Å². The van der Waals surface area contributed by atoms with E-state index in [9.17, 15) is 0 Å². The van der Waals surface area contributed by atoms with Crippen LogP contribution >= 0.6 is 24.0 Å². The van der Waals surface area contributed by atoms with E-state index in [1.165, 1.54) is 19.3 Å². The van der Waals surface area contributed by atoms with Crippen molar-refractivity contribution in [3.63, 3.8) is 0 Å². The summed E-state index contributed by atoms with van der Waals surface area (Å²) in [4.78, 5) is 0. The predicted octanol–water partition coefficient (Wildman–Crippen LogP) is 4.62. The number of ether oxygens (including phenoxy) is 2. The molecule has 0 radical (unpaired) electrons. The second-order valence-corrected chi connectivity index (χ2v) is 5.00. The highest BCUT2D eigenvalue weighted by Gasteiger charge is 2.11. The van der Waals surface area contributed by atoms with E-state index in [1.54, 1.807) is 13.2 Å². The van der Waals surface area contributed by atoms with Gasteiger partial charge in [0.1, 0.15) is 6.61 Å². The Hall–Kier alpha value is -0.900. The van der Waals surface area contributed by atoms with Crippen molar-refractivity contribution < 1.29 is 9.47 Å². The van der Waals surface area contributed by atoms with Gasteiger partial charge in [-0.1, -0.05) is 44.0 Å². The third kappa shape index (κ3) is 7.07. The number of halogens is 2. The molecule has 1 rings (SSSR count). The normalized spacial score (nSPS) is 9.86. The maximum absolute atomic E-state index is 6.24. The number of hydrogen-bond acceptors (Lipinski definition) is 3. The van der Waals surface area contributed by atoms with E-state index in [-0.39, 0.29) is 12.4 Å². The highest BCUT2D eigenvalue weighted by molar-refractivity contribution is 6.32. The fourth-order valence-corrected chi connectivity index (χ4v) is 2.18. The molecule has 0 saturated heterocycles. The van der Waals surface area contributed by atoms with Gasteiger partial charge in [-0.15, -0.1) is 12.4 Å². The first-order valence-corrected chi connectivity index (χ1v) is 7.41. The maximum atomic E-state index is 6.24. The largest absolute Gasteiger partial charge is 0.493 e. The van der Waals surface area contributed by atoms with Gasteiger partial charge in [-0.05, 0) is 30.7 Å². The number of unbranched alkanes of at least 4 members (excludes halogenated alkanes) is 2. The summed E-state index contributed by atoms with van der Waals surface area (Å²) in [6.07, 6.45) is 5.36. The monoisotopic (exact) mass is 333 g/mol. The Kier molecular flexibility index (Phi) is 11.2. The van der Waals surface area contributed by atoms with Crippen molar-refractivity contribution in [3.8, 4) is 11.5 Å². The first kappa shape index (κ1) is 20.1. The summed E-state index contributed by atoms with van der Waals surface area (Å²) >= 11 is 6.24. The van der Waals surface area contributed by atoms with E-state index in [0.29, 0.717) is 23.1 Å². The van der Waals surface area contributed by atoms with Crippen molar-refractivity contribution in [3.05, 3.63) is 35.4 Å². The average Bonchev–Trinajstić information content (AvgIpc) is 2.45. The second-order valence-electron chi connectivity index (χ2n) is 4.59. The minimum Gasteiger partial charge on any atom is -0.493 e. The van der Waals surface area contributed by atoms with Crippen LogP contribution in [0.1, 0.15) is 31.7 Å². The molecule has 0 aromatic heterocycles. The minimum absolute atomic E-state index is 0. The standard InChI is InChI=1S/C16H24ClNO2.ClH/c1-4-6-7-8-18-12-13-10-14(17)16(20-9-5-2)15(11-13)19-3;/h5,10-11,18H,2,4,6-9,12H2,1,3H3;1H. The van der Waals surface area contributed by atoms with Crippen LogP contribution in [0.3, 0.4) is 0 Å². The summed E-state index contributed by atoms with van der Waals surface area (Å²) in [6, 6.07) is 3.87. The van der Waals surface area contributed by atoms with Gasteiger partial charge < -0.3 is 14.8 Å². The van der Waals surface area contributed by atoms with Gasteiger partial charge in [0.25, 0.3) is 0 Å². The van der Waals surface area contributed by atoms with Gasteiger partial charge in [0.05, 0.1) is 12.1 Å². The van der Waals surface area contributed by atoms with Crippen molar-refractivity contribution in [2.24, 2.45) is 0 Å². The summed E-state index contributed by atoms with van der Waals surface area (Å²) in [6.45, 7) is 8.03. The van der Waals surface area contributed by atoms with E-state index < -0.39 is 0 Å². The molecule has 0 bridgehead atoms. The summed E-state index contributed by atoms with van der Waals surface area (Å²) in [7, 11) is 1.62. The molecule has 0 heterocycles. The highest BCUT2D eigenvalue weighted by atomic mass is 35.5. The van der Waals surface area contributed by atoms with E-state index in [4.69, 9.17) is 21.1 Å². The molecule has 0 amide bonds. The summed E-state index contributed by atoms with van der Waals surface area (Å²) < 4.78 is 10.9. The zero-order valence-corrected chi connectivity index (χ0v) is 14.4. The van der Waals surface area contributed by atoms with Crippen LogP contribution in [0.15, 0.2) is 24.8 Å². The smallest absolute Gasteiger partial charge is 0.180 e. The number of methoxy groups -OCH3 is 1. The van der Waals surface area contributed by atoms with Gasteiger partial charge >= 0.3 is 0 Å². The molecular weight excluding hydrogens is 309 g/mol. The fourth-order valence-electron chi connectivity index (χ4n) is 1.89. The quantitative estimate of drug-likeness (QED) is 0.500. The summed E-state index contributed by atoms with van der Waals surface area (Å²) in [5.74, 6) is 1.23. The molecule has 0 aliphatic heterocycles. The van der Waals surface area contributed by atoms with Crippen molar-refractivity contribution in [1.29, 1.82) is 0 Å². The Bertz CT molecular complexity index is 425. The zero-order chi connectivity index (χ0) is 14.8. The molecule has 3 nitrogen and oxygen atoms in total. The first-order valence-electron chi connectivity index (χ1n) is 7.03. The van der Waals surface area contributed by atoms with Crippen LogP contribution in [0.5, 0.6) is 11.5 Å². The molecule has 21 heavy (non-hydrogen) atoms. The Morgan fingerprint density at radius 3 is 2.71 bits per heavy atom. The van der Waals surface area contributed by atoms with Crippen molar-refractivity contribution in [2.45, 2.75) is 32.7 Å². The molecule has 0 saturated carbocycles. The van der Waals surface area contributed by atoms with E-state index >= 15 is 0 Å². The average molecular weight is 334 g/mol. The molecule has 1 N–H and O–H groups in total. The van der Waals surface area contributed by atoms with E-state index in [2.05, 4.69) is 18.8 Å². The first-order chi connectivity index (χ1) is 9.72. The molecule has 0 aliphatic carbocycles. The van der Waals surface area contributed by atoms with Gasteiger partial charge in [0.15, 0.2) is 11.5 Å². The number of rotatable bonds is 10. The lowest BCUT2D eigenvalue weighted by molar-refractivity contribution is 0.326. The van der Waals surface area contributed by atoms with Gasteiger partial charge in [-0.3, -0.25) is 0 Å². The van der Waals surface area contributed by atoms with Gasteiger partial charge in [0.2, 0.25) is 0 Å².